The average molecular weight is 442 g/mol. The smallest absolute Gasteiger partial charge is 0.180 e. The number of pyridine rings is 1. The first-order valence-corrected chi connectivity index (χ1v) is 10.3. The van der Waals surface area contributed by atoms with Gasteiger partial charge < -0.3 is 10.2 Å². The van der Waals surface area contributed by atoms with Crippen LogP contribution in [-0.4, -0.2) is 44.6 Å². The molecule has 33 heavy (non-hydrogen) atoms. The van der Waals surface area contributed by atoms with Crippen LogP contribution in [0.1, 0.15) is 11.1 Å². The Balaban J connectivity index is 1.53. The summed E-state index contributed by atoms with van der Waals surface area (Å²) in [6, 6.07) is 9.50. The molecule has 0 unspecified atom stereocenters. The SMILES string of the molecule is CN(C)/C=C(\C=C/C=O)c1ccc(CNc2nccn3c(-c4cncc(F)c4)cnc23)cc1. The van der Waals surface area contributed by atoms with Crippen LogP contribution in [0, 0.1) is 5.82 Å². The number of anilines is 1. The zero-order chi connectivity index (χ0) is 23.2. The van der Waals surface area contributed by atoms with Crippen LogP contribution in [0.5, 0.6) is 0 Å². The molecule has 0 bridgehead atoms. The van der Waals surface area contributed by atoms with E-state index in [0.717, 1.165) is 28.7 Å². The van der Waals surface area contributed by atoms with Crippen LogP contribution in [0.3, 0.4) is 0 Å². The van der Waals surface area contributed by atoms with Crippen molar-refractivity contribution < 1.29 is 9.18 Å². The minimum atomic E-state index is -0.400. The van der Waals surface area contributed by atoms with E-state index in [0.29, 0.717) is 23.6 Å². The second-order valence-electron chi connectivity index (χ2n) is 7.60. The Bertz CT molecular complexity index is 1320. The number of carbonyl (C=O) groups excluding carboxylic acids is 1. The van der Waals surface area contributed by atoms with Gasteiger partial charge in [0.15, 0.2) is 11.5 Å². The van der Waals surface area contributed by atoms with Crippen LogP contribution in [0.2, 0.25) is 0 Å². The number of imidazole rings is 1. The summed E-state index contributed by atoms with van der Waals surface area (Å²) in [7, 11) is 3.87. The summed E-state index contributed by atoms with van der Waals surface area (Å²) in [4.78, 5) is 25.5. The summed E-state index contributed by atoms with van der Waals surface area (Å²) in [5.74, 6) is 0.225. The zero-order valence-electron chi connectivity index (χ0n) is 18.3. The Morgan fingerprint density at radius 2 is 1.97 bits per heavy atom. The van der Waals surface area contributed by atoms with E-state index >= 15 is 0 Å². The van der Waals surface area contributed by atoms with Crippen molar-refractivity contribution in [3.63, 3.8) is 0 Å². The van der Waals surface area contributed by atoms with Crippen LogP contribution in [-0.2, 0) is 11.3 Å². The number of nitrogens with one attached hydrogen (secondary N) is 1. The van der Waals surface area contributed by atoms with E-state index in [-0.39, 0.29) is 0 Å². The second kappa shape index (κ2) is 9.86. The van der Waals surface area contributed by atoms with Gasteiger partial charge in [-0.15, -0.1) is 0 Å². The fourth-order valence-electron chi connectivity index (χ4n) is 3.45. The van der Waals surface area contributed by atoms with Crippen LogP contribution in [0.15, 0.2) is 79.7 Å². The van der Waals surface area contributed by atoms with Gasteiger partial charge in [-0.05, 0) is 34.9 Å². The van der Waals surface area contributed by atoms with E-state index in [9.17, 15) is 9.18 Å². The van der Waals surface area contributed by atoms with Gasteiger partial charge in [0, 0.05) is 51.0 Å². The van der Waals surface area contributed by atoms with Crippen molar-refractivity contribution in [1.29, 1.82) is 0 Å². The summed E-state index contributed by atoms with van der Waals surface area (Å²) in [6.07, 6.45) is 13.9. The number of hydrogen-bond acceptors (Lipinski definition) is 6. The van der Waals surface area contributed by atoms with Crippen LogP contribution in [0.25, 0.3) is 22.5 Å². The lowest BCUT2D eigenvalue weighted by atomic mass is 10.0. The van der Waals surface area contributed by atoms with E-state index < -0.39 is 5.82 Å². The molecular weight excluding hydrogens is 419 g/mol. The van der Waals surface area contributed by atoms with E-state index in [4.69, 9.17) is 0 Å². The molecule has 4 aromatic rings. The van der Waals surface area contributed by atoms with Crippen molar-refractivity contribution in [2.24, 2.45) is 0 Å². The highest BCUT2D eigenvalue weighted by molar-refractivity contribution is 5.79. The lowest BCUT2D eigenvalue weighted by Gasteiger charge is -2.11. The van der Waals surface area contributed by atoms with Crippen LogP contribution < -0.4 is 5.32 Å². The maximum Gasteiger partial charge on any atom is 0.180 e. The molecule has 0 saturated carbocycles. The molecule has 1 N–H and O–H groups in total. The Kier molecular flexibility index (Phi) is 6.54. The van der Waals surface area contributed by atoms with Gasteiger partial charge in [0.05, 0.1) is 18.1 Å². The molecule has 0 spiro atoms. The molecule has 0 atom stereocenters. The summed E-state index contributed by atoms with van der Waals surface area (Å²) < 4.78 is 15.5. The largest absolute Gasteiger partial charge is 0.383 e. The van der Waals surface area contributed by atoms with Crippen molar-refractivity contribution in [2.75, 3.05) is 19.4 Å². The number of benzene rings is 1. The van der Waals surface area contributed by atoms with E-state index in [1.807, 2.05) is 53.9 Å². The molecule has 0 aliphatic rings. The van der Waals surface area contributed by atoms with Gasteiger partial charge in [-0.3, -0.25) is 14.2 Å². The number of rotatable bonds is 8. The number of nitrogens with zero attached hydrogens (tertiary/aromatic N) is 5. The van der Waals surface area contributed by atoms with Gasteiger partial charge in [-0.25, -0.2) is 14.4 Å². The first-order valence-electron chi connectivity index (χ1n) is 10.3. The monoisotopic (exact) mass is 442 g/mol. The van der Waals surface area contributed by atoms with Crippen molar-refractivity contribution >= 4 is 23.3 Å². The predicted octanol–water partition coefficient (Wildman–Crippen LogP) is 4.20. The molecule has 4 rings (SSSR count). The van der Waals surface area contributed by atoms with Crippen LogP contribution in [0.4, 0.5) is 10.2 Å². The number of aldehydes is 1. The molecule has 1 aromatic carbocycles. The molecule has 3 heterocycles. The number of allylic oxidation sites excluding steroid dienone is 3. The highest BCUT2D eigenvalue weighted by Gasteiger charge is 2.11. The highest BCUT2D eigenvalue weighted by Crippen LogP contribution is 2.24. The lowest BCUT2D eigenvalue weighted by Crippen LogP contribution is -2.04. The molecule has 7 nitrogen and oxygen atoms in total. The Morgan fingerprint density at radius 3 is 2.70 bits per heavy atom. The van der Waals surface area contributed by atoms with Crippen molar-refractivity contribution in [2.45, 2.75) is 6.54 Å². The zero-order valence-corrected chi connectivity index (χ0v) is 18.3. The van der Waals surface area contributed by atoms with Crippen molar-refractivity contribution in [3.05, 3.63) is 96.6 Å². The number of hydrogen-bond donors (Lipinski definition) is 1. The fraction of sp³-hybridized carbons (Fsp3) is 0.120. The molecule has 0 aliphatic heterocycles. The summed E-state index contributed by atoms with van der Waals surface area (Å²) in [6.45, 7) is 0.549. The Labute approximate surface area is 190 Å². The highest BCUT2D eigenvalue weighted by atomic mass is 19.1. The summed E-state index contributed by atoms with van der Waals surface area (Å²) in [5, 5.41) is 3.33. The molecule has 0 saturated heterocycles. The third-order valence-electron chi connectivity index (χ3n) is 4.93. The molecule has 8 heteroatoms. The number of halogens is 1. The molecular formula is C25H23FN6O. The molecule has 0 aliphatic carbocycles. The van der Waals surface area contributed by atoms with E-state index in [1.54, 1.807) is 30.9 Å². The van der Waals surface area contributed by atoms with Gasteiger partial charge in [0.2, 0.25) is 0 Å². The van der Waals surface area contributed by atoms with Gasteiger partial charge in [0.1, 0.15) is 12.1 Å². The molecule has 0 amide bonds. The Hall–Kier alpha value is -4.33. The fourth-order valence-corrected chi connectivity index (χ4v) is 3.45. The Morgan fingerprint density at radius 1 is 1.15 bits per heavy atom. The maximum absolute atomic E-state index is 13.6. The number of carbonyl (C=O) groups is 1. The predicted molar refractivity (Wildman–Crippen MR) is 127 cm³/mol. The standard InChI is InChI=1S/C25H23FN6O/c1-31(2)17-20(4-3-11-33)19-7-5-18(6-8-19)13-29-24-25-30-16-23(32(25)10-9-28-24)21-12-22(26)15-27-14-21/h3-12,14-17H,13H2,1-2H3,(H,28,29)/b4-3-,20-17+. The lowest BCUT2D eigenvalue weighted by molar-refractivity contribution is -0.104. The summed E-state index contributed by atoms with van der Waals surface area (Å²) in [5.41, 5.74) is 5.02. The third kappa shape index (κ3) is 5.12. The van der Waals surface area contributed by atoms with Crippen molar-refractivity contribution in [3.8, 4) is 11.3 Å². The van der Waals surface area contributed by atoms with Gasteiger partial charge in [0.25, 0.3) is 0 Å². The molecule has 0 radical (unpaired) electrons. The quantitative estimate of drug-likeness (QED) is 0.250. The topological polar surface area (TPSA) is 75.4 Å². The first-order chi connectivity index (χ1) is 16.0. The van der Waals surface area contributed by atoms with E-state index in [2.05, 4.69) is 20.3 Å². The van der Waals surface area contributed by atoms with Gasteiger partial charge in [-0.1, -0.05) is 24.3 Å². The van der Waals surface area contributed by atoms with E-state index in [1.165, 1.54) is 18.3 Å². The normalized spacial score (nSPS) is 11.8. The summed E-state index contributed by atoms with van der Waals surface area (Å²) >= 11 is 0. The minimum absolute atomic E-state index is 0.400. The minimum Gasteiger partial charge on any atom is -0.383 e. The molecule has 166 valence electrons. The maximum atomic E-state index is 13.6. The number of aromatic nitrogens is 4. The van der Waals surface area contributed by atoms with Gasteiger partial charge in [-0.2, -0.15) is 0 Å². The van der Waals surface area contributed by atoms with Crippen LogP contribution >= 0.6 is 0 Å². The second-order valence-corrected chi connectivity index (χ2v) is 7.60. The third-order valence-corrected chi connectivity index (χ3v) is 4.93. The molecule has 0 fully saturated rings. The molecule has 3 aromatic heterocycles. The van der Waals surface area contributed by atoms with Crippen molar-refractivity contribution in [1.82, 2.24) is 24.3 Å². The van der Waals surface area contributed by atoms with Gasteiger partial charge >= 0.3 is 0 Å². The number of fused-ring (bicyclic) bond motifs is 1. The first kappa shape index (κ1) is 21.9. The average Bonchev–Trinajstić information content (AvgIpc) is 3.25.